The van der Waals surface area contributed by atoms with Crippen molar-refractivity contribution in [1.82, 2.24) is 9.88 Å². The third-order valence-corrected chi connectivity index (χ3v) is 3.43. The van der Waals surface area contributed by atoms with Crippen LogP contribution in [0.5, 0.6) is 0 Å². The molecule has 5 nitrogen and oxygen atoms in total. The number of rotatable bonds is 1. The summed E-state index contributed by atoms with van der Waals surface area (Å²) in [5, 5.41) is 19.8. The number of benzene rings is 1. The van der Waals surface area contributed by atoms with Gasteiger partial charge in [-0.05, 0) is 12.1 Å². The molecule has 0 radical (unpaired) electrons. The summed E-state index contributed by atoms with van der Waals surface area (Å²) in [5.74, 6) is -0.186. The molecule has 1 amide bonds. The standard InChI is InChI=1S/C14H14N2O3/c17-12-7-16(8-13(12)18)14(19)10-5-6-15-11-4-2-1-3-9(10)11/h1-6,12-13,17-18H,7-8H2/t12-,13+. The van der Waals surface area contributed by atoms with Crippen molar-refractivity contribution in [3.8, 4) is 0 Å². The van der Waals surface area contributed by atoms with Gasteiger partial charge in [0.25, 0.3) is 5.91 Å². The van der Waals surface area contributed by atoms with Crippen LogP contribution in [0.25, 0.3) is 10.9 Å². The number of para-hydroxylation sites is 1. The van der Waals surface area contributed by atoms with Crippen LogP contribution in [0, 0.1) is 0 Å². The fraction of sp³-hybridized carbons (Fsp3) is 0.286. The number of pyridine rings is 1. The summed E-state index contributed by atoms with van der Waals surface area (Å²) >= 11 is 0. The predicted molar refractivity (Wildman–Crippen MR) is 69.7 cm³/mol. The number of amides is 1. The van der Waals surface area contributed by atoms with Crippen LogP contribution in [0.1, 0.15) is 10.4 Å². The molecule has 1 fully saturated rings. The van der Waals surface area contributed by atoms with Crippen molar-refractivity contribution in [2.24, 2.45) is 0 Å². The van der Waals surface area contributed by atoms with Crippen molar-refractivity contribution < 1.29 is 15.0 Å². The van der Waals surface area contributed by atoms with Crippen molar-refractivity contribution in [3.63, 3.8) is 0 Å². The zero-order valence-electron chi connectivity index (χ0n) is 10.2. The maximum absolute atomic E-state index is 12.4. The molecule has 0 unspecified atom stereocenters. The van der Waals surface area contributed by atoms with Gasteiger partial charge in [0.2, 0.25) is 0 Å². The molecule has 0 saturated carbocycles. The van der Waals surface area contributed by atoms with Crippen LogP contribution in [-0.2, 0) is 0 Å². The minimum absolute atomic E-state index is 0.163. The van der Waals surface area contributed by atoms with E-state index in [9.17, 15) is 15.0 Å². The van der Waals surface area contributed by atoms with E-state index in [1.54, 1.807) is 12.3 Å². The van der Waals surface area contributed by atoms with E-state index in [0.29, 0.717) is 5.56 Å². The molecule has 3 rings (SSSR count). The van der Waals surface area contributed by atoms with Crippen molar-refractivity contribution in [3.05, 3.63) is 42.1 Å². The molecular formula is C14H14N2O3. The first-order valence-electron chi connectivity index (χ1n) is 6.16. The van der Waals surface area contributed by atoms with Crippen molar-refractivity contribution in [2.45, 2.75) is 12.2 Å². The molecule has 1 saturated heterocycles. The van der Waals surface area contributed by atoms with Gasteiger partial charge >= 0.3 is 0 Å². The van der Waals surface area contributed by atoms with Crippen LogP contribution in [0.3, 0.4) is 0 Å². The fourth-order valence-corrected chi connectivity index (χ4v) is 2.39. The largest absolute Gasteiger partial charge is 0.388 e. The van der Waals surface area contributed by atoms with Gasteiger partial charge in [0, 0.05) is 24.7 Å². The molecular weight excluding hydrogens is 244 g/mol. The quantitative estimate of drug-likeness (QED) is 0.777. The van der Waals surface area contributed by atoms with Crippen LogP contribution in [0.2, 0.25) is 0 Å². The molecule has 2 heterocycles. The summed E-state index contributed by atoms with van der Waals surface area (Å²) in [7, 11) is 0. The van der Waals surface area contributed by atoms with Gasteiger partial charge in [-0.15, -0.1) is 0 Å². The number of carbonyl (C=O) groups excluding carboxylic acids is 1. The van der Waals surface area contributed by atoms with Gasteiger partial charge in [-0.3, -0.25) is 9.78 Å². The zero-order chi connectivity index (χ0) is 13.4. The highest BCUT2D eigenvalue weighted by Crippen LogP contribution is 2.20. The van der Waals surface area contributed by atoms with E-state index in [1.165, 1.54) is 4.90 Å². The molecule has 1 aromatic carbocycles. The van der Waals surface area contributed by atoms with Gasteiger partial charge < -0.3 is 15.1 Å². The molecule has 2 N–H and O–H groups in total. The van der Waals surface area contributed by atoms with Crippen LogP contribution < -0.4 is 0 Å². The Morgan fingerprint density at radius 3 is 2.58 bits per heavy atom. The fourth-order valence-electron chi connectivity index (χ4n) is 2.39. The van der Waals surface area contributed by atoms with Crippen LogP contribution in [-0.4, -0.2) is 51.3 Å². The molecule has 19 heavy (non-hydrogen) atoms. The van der Waals surface area contributed by atoms with Gasteiger partial charge in [-0.2, -0.15) is 0 Å². The first kappa shape index (κ1) is 12.1. The average molecular weight is 258 g/mol. The van der Waals surface area contributed by atoms with Crippen LogP contribution >= 0.6 is 0 Å². The Morgan fingerprint density at radius 1 is 1.16 bits per heavy atom. The van der Waals surface area contributed by atoms with E-state index in [2.05, 4.69) is 4.98 Å². The van der Waals surface area contributed by atoms with Gasteiger partial charge in [-0.25, -0.2) is 0 Å². The molecule has 2 atom stereocenters. The maximum atomic E-state index is 12.4. The Kier molecular flexibility index (Phi) is 2.93. The van der Waals surface area contributed by atoms with E-state index < -0.39 is 12.2 Å². The van der Waals surface area contributed by atoms with E-state index >= 15 is 0 Å². The highest BCUT2D eigenvalue weighted by Gasteiger charge is 2.33. The van der Waals surface area contributed by atoms with Crippen LogP contribution in [0.4, 0.5) is 0 Å². The maximum Gasteiger partial charge on any atom is 0.254 e. The lowest BCUT2D eigenvalue weighted by Crippen LogP contribution is -2.30. The minimum atomic E-state index is -0.864. The first-order chi connectivity index (χ1) is 9.16. The molecule has 1 aromatic heterocycles. The predicted octanol–water partition coefficient (Wildman–Crippen LogP) is 0.412. The minimum Gasteiger partial charge on any atom is -0.388 e. The number of hydrogen-bond acceptors (Lipinski definition) is 4. The SMILES string of the molecule is O=C(c1ccnc2ccccc12)N1C[C@@H](O)[C@@H](O)C1. The lowest BCUT2D eigenvalue weighted by Gasteiger charge is -2.16. The monoisotopic (exact) mass is 258 g/mol. The second-order valence-electron chi connectivity index (χ2n) is 4.72. The van der Waals surface area contributed by atoms with Gasteiger partial charge in [0.15, 0.2) is 0 Å². The lowest BCUT2D eigenvalue weighted by atomic mass is 10.1. The molecule has 0 aliphatic carbocycles. The summed E-state index contributed by atoms with van der Waals surface area (Å²) in [5.41, 5.74) is 1.31. The normalized spacial score (nSPS) is 22.9. The highest BCUT2D eigenvalue weighted by molar-refractivity contribution is 6.06. The number of carbonyl (C=O) groups is 1. The second-order valence-corrected chi connectivity index (χ2v) is 4.72. The summed E-state index contributed by atoms with van der Waals surface area (Å²) in [6.45, 7) is 0.327. The summed E-state index contributed by atoms with van der Waals surface area (Å²) in [6, 6.07) is 9.08. The molecule has 2 aromatic rings. The summed E-state index contributed by atoms with van der Waals surface area (Å²) in [6.07, 6.45) is -0.132. The van der Waals surface area contributed by atoms with Gasteiger partial charge in [0.1, 0.15) is 0 Å². The summed E-state index contributed by atoms with van der Waals surface area (Å²) < 4.78 is 0. The van der Waals surface area contributed by atoms with E-state index in [4.69, 9.17) is 0 Å². The molecule has 0 spiro atoms. The number of β-amino-alcohol motifs (C(OH)–C–C–N with tert-alkyl or cyclic N) is 2. The van der Waals surface area contributed by atoms with E-state index in [0.717, 1.165) is 10.9 Å². The lowest BCUT2D eigenvalue weighted by molar-refractivity contribution is 0.0572. The third kappa shape index (κ3) is 2.07. The Morgan fingerprint density at radius 2 is 1.84 bits per heavy atom. The molecule has 1 aliphatic rings. The molecule has 5 heteroatoms. The number of fused-ring (bicyclic) bond motifs is 1. The first-order valence-corrected chi connectivity index (χ1v) is 6.16. The summed E-state index contributed by atoms with van der Waals surface area (Å²) in [4.78, 5) is 18.1. The van der Waals surface area contributed by atoms with E-state index in [1.807, 2.05) is 24.3 Å². The topological polar surface area (TPSA) is 73.7 Å². The second kappa shape index (κ2) is 4.60. The third-order valence-electron chi connectivity index (χ3n) is 3.43. The van der Waals surface area contributed by atoms with Crippen molar-refractivity contribution in [1.29, 1.82) is 0 Å². The Hall–Kier alpha value is -1.98. The van der Waals surface area contributed by atoms with Gasteiger partial charge in [0.05, 0.1) is 23.3 Å². The number of nitrogens with zero attached hydrogens (tertiary/aromatic N) is 2. The number of aliphatic hydroxyl groups is 2. The van der Waals surface area contributed by atoms with Gasteiger partial charge in [-0.1, -0.05) is 18.2 Å². The van der Waals surface area contributed by atoms with E-state index in [-0.39, 0.29) is 19.0 Å². The number of likely N-dealkylation sites (tertiary alicyclic amines) is 1. The molecule has 0 bridgehead atoms. The smallest absolute Gasteiger partial charge is 0.254 e. The average Bonchev–Trinajstić information content (AvgIpc) is 2.77. The zero-order valence-corrected chi connectivity index (χ0v) is 10.2. The Balaban J connectivity index is 1.98. The molecule has 98 valence electrons. The van der Waals surface area contributed by atoms with Crippen LogP contribution in [0.15, 0.2) is 36.5 Å². The number of hydrogen-bond donors (Lipinski definition) is 2. The van der Waals surface area contributed by atoms with Crippen molar-refractivity contribution >= 4 is 16.8 Å². The van der Waals surface area contributed by atoms with Crippen molar-refractivity contribution in [2.75, 3.05) is 13.1 Å². The molecule has 1 aliphatic heterocycles. The number of aliphatic hydroxyl groups excluding tert-OH is 2. The Bertz CT molecular complexity index is 614. The number of aromatic nitrogens is 1. The highest BCUT2D eigenvalue weighted by atomic mass is 16.3. The Labute approximate surface area is 110 Å².